The summed E-state index contributed by atoms with van der Waals surface area (Å²) < 4.78 is 5.25. The van der Waals surface area contributed by atoms with E-state index in [2.05, 4.69) is 0 Å². The maximum Gasteiger partial charge on any atom is 0.330 e. The number of nitrogens with zero attached hydrogens (tertiary/aromatic N) is 1. The van der Waals surface area contributed by atoms with Crippen LogP contribution in [0.5, 0.6) is 0 Å². The van der Waals surface area contributed by atoms with E-state index in [0.717, 1.165) is 24.2 Å². The second kappa shape index (κ2) is 7.15. The quantitative estimate of drug-likeness (QED) is 0.428. The Morgan fingerprint density at radius 2 is 1.61 bits per heavy atom. The smallest absolute Gasteiger partial charge is 0.330 e. The molecule has 0 spiro atoms. The molecular formula is C22H25NO5. The van der Waals surface area contributed by atoms with Crippen molar-refractivity contribution in [3.63, 3.8) is 0 Å². The van der Waals surface area contributed by atoms with Crippen LogP contribution in [0.1, 0.15) is 43.5 Å². The maximum absolute atomic E-state index is 13.0. The molecule has 2 aliphatic carbocycles. The van der Waals surface area contributed by atoms with E-state index in [0.29, 0.717) is 5.56 Å². The number of rotatable bonds is 6. The number of hydrogen-bond donors (Lipinski definition) is 0. The third-order valence-electron chi connectivity index (χ3n) is 6.55. The van der Waals surface area contributed by atoms with Gasteiger partial charge in [0.2, 0.25) is 11.8 Å². The van der Waals surface area contributed by atoms with Gasteiger partial charge in [-0.15, -0.1) is 0 Å². The van der Waals surface area contributed by atoms with E-state index < -0.39 is 18.6 Å². The number of likely N-dealkylation sites (tertiary alicyclic amines) is 1. The van der Waals surface area contributed by atoms with Gasteiger partial charge in [0.15, 0.2) is 12.4 Å². The number of fused-ring (bicyclic) bond motifs is 5. The molecule has 0 aromatic heterocycles. The van der Waals surface area contributed by atoms with Gasteiger partial charge in [0.1, 0.15) is 6.04 Å². The molecule has 6 heteroatoms. The minimum atomic E-state index is -0.978. The molecule has 28 heavy (non-hydrogen) atoms. The third-order valence-corrected chi connectivity index (χ3v) is 6.55. The van der Waals surface area contributed by atoms with E-state index >= 15 is 0 Å². The first kappa shape index (κ1) is 18.8. The first-order valence-electron chi connectivity index (χ1n) is 10.0. The van der Waals surface area contributed by atoms with Crippen molar-refractivity contribution in [3.8, 4) is 0 Å². The lowest BCUT2D eigenvalue weighted by Crippen LogP contribution is -2.50. The molecule has 3 fully saturated rings. The average Bonchev–Trinajstić information content (AvgIpc) is 3.36. The molecule has 6 nitrogen and oxygen atoms in total. The van der Waals surface area contributed by atoms with Gasteiger partial charge in [0, 0.05) is 5.56 Å². The van der Waals surface area contributed by atoms with Gasteiger partial charge in [-0.25, -0.2) is 4.79 Å². The number of esters is 1. The van der Waals surface area contributed by atoms with E-state index in [1.807, 2.05) is 0 Å². The molecule has 1 heterocycles. The Morgan fingerprint density at radius 3 is 2.14 bits per heavy atom. The zero-order valence-electron chi connectivity index (χ0n) is 16.2. The van der Waals surface area contributed by atoms with Crippen molar-refractivity contribution in [1.29, 1.82) is 0 Å². The molecule has 148 valence electrons. The van der Waals surface area contributed by atoms with Gasteiger partial charge in [-0.1, -0.05) is 44.2 Å². The van der Waals surface area contributed by atoms with Crippen LogP contribution in [0.25, 0.3) is 0 Å². The van der Waals surface area contributed by atoms with E-state index in [1.54, 1.807) is 44.2 Å². The fraction of sp³-hybridized carbons (Fsp3) is 0.545. The maximum atomic E-state index is 13.0. The lowest BCUT2D eigenvalue weighted by Gasteiger charge is -2.28. The van der Waals surface area contributed by atoms with Crippen LogP contribution in [0.3, 0.4) is 0 Å². The molecule has 1 aliphatic heterocycles. The molecule has 3 aliphatic rings. The monoisotopic (exact) mass is 383 g/mol. The Morgan fingerprint density at radius 1 is 1.04 bits per heavy atom. The van der Waals surface area contributed by atoms with Crippen molar-refractivity contribution >= 4 is 23.6 Å². The van der Waals surface area contributed by atoms with Crippen molar-refractivity contribution < 1.29 is 23.9 Å². The molecule has 2 bridgehead atoms. The Labute approximate surface area is 164 Å². The summed E-state index contributed by atoms with van der Waals surface area (Å²) in [7, 11) is 0. The Bertz CT molecular complexity index is 789. The lowest BCUT2D eigenvalue weighted by atomic mass is 9.81. The third kappa shape index (κ3) is 2.95. The number of hydrogen-bond acceptors (Lipinski definition) is 5. The second-order valence-electron chi connectivity index (χ2n) is 8.52. The van der Waals surface area contributed by atoms with Gasteiger partial charge in [-0.3, -0.25) is 19.3 Å². The number of ketones is 1. The zero-order valence-corrected chi connectivity index (χ0v) is 16.2. The molecule has 5 atom stereocenters. The summed E-state index contributed by atoms with van der Waals surface area (Å²) in [5.74, 6) is -1.76. The lowest BCUT2D eigenvalue weighted by molar-refractivity contribution is -0.160. The van der Waals surface area contributed by atoms with Crippen molar-refractivity contribution in [2.24, 2.45) is 29.6 Å². The van der Waals surface area contributed by atoms with Gasteiger partial charge in [0.05, 0.1) is 11.8 Å². The largest absolute Gasteiger partial charge is 0.456 e. The van der Waals surface area contributed by atoms with Gasteiger partial charge in [-0.05, 0) is 37.0 Å². The number of imide groups is 1. The van der Waals surface area contributed by atoms with Crippen LogP contribution in [0, 0.1) is 29.6 Å². The highest BCUT2D eigenvalue weighted by atomic mass is 16.5. The Hall–Kier alpha value is -2.50. The molecule has 0 unspecified atom stereocenters. The van der Waals surface area contributed by atoms with E-state index in [9.17, 15) is 19.2 Å². The van der Waals surface area contributed by atoms with Crippen LogP contribution in [0.4, 0.5) is 0 Å². The Kier molecular flexibility index (Phi) is 4.81. The fourth-order valence-electron chi connectivity index (χ4n) is 5.31. The van der Waals surface area contributed by atoms with Crippen LogP contribution in [0.15, 0.2) is 30.3 Å². The molecular weight excluding hydrogens is 358 g/mol. The molecule has 1 aromatic carbocycles. The summed E-state index contributed by atoms with van der Waals surface area (Å²) in [5, 5.41) is 0. The molecule has 0 radical (unpaired) electrons. The number of benzene rings is 1. The predicted octanol–water partition coefficient (Wildman–Crippen LogP) is 2.47. The number of carbonyl (C=O) groups is 4. The van der Waals surface area contributed by atoms with Crippen LogP contribution < -0.4 is 0 Å². The highest BCUT2D eigenvalue weighted by Crippen LogP contribution is 2.56. The molecule has 1 saturated heterocycles. The number of ether oxygens (including phenoxy) is 1. The molecule has 4 rings (SSSR count). The topological polar surface area (TPSA) is 80.8 Å². The van der Waals surface area contributed by atoms with Gasteiger partial charge in [-0.2, -0.15) is 0 Å². The minimum Gasteiger partial charge on any atom is -0.456 e. The van der Waals surface area contributed by atoms with E-state index in [1.165, 1.54) is 0 Å². The second-order valence-corrected chi connectivity index (χ2v) is 8.52. The normalized spacial score (nSPS) is 29.3. The summed E-state index contributed by atoms with van der Waals surface area (Å²) in [6, 6.07) is 7.60. The highest BCUT2D eigenvalue weighted by molar-refractivity contribution is 6.09. The number of amides is 2. The van der Waals surface area contributed by atoms with Crippen molar-refractivity contribution in [2.75, 3.05) is 6.61 Å². The van der Waals surface area contributed by atoms with Gasteiger partial charge in [0.25, 0.3) is 0 Å². The van der Waals surface area contributed by atoms with Crippen molar-refractivity contribution in [3.05, 3.63) is 35.9 Å². The summed E-state index contributed by atoms with van der Waals surface area (Å²) in [5.41, 5.74) is 0.454. The first-order valence-corrected chi connectivity index (χ1v) is 10.0. The fourth-order valence-corrected chi connectivity index (χ4v) is 5.31. The van der Waals surface area contributed by atoms with Crippen LogP contribution in [0.2, 0.25) is 0 Å². The molecule has 1 aromatic rings. The summed E-state index contributed by atoms with van der Waals surface area (Å²) in [6.07, 6.45) is 2.92. The van der Waals surface area contributed by atoms with Crippen molar-refractivity contribution in [1.82, 2.24) is 4.90 Å². The highest BCUT2D eigenvalue weighted by Gasteiger charge is 2.62. The predicted molar refractivity (Wildman–Crippen MR) is 100 cm³/mol. The SMILES string of the molecule is CC(C)[C@H](C(=O)OCC(=O)c1ccccc1)N1C(=O)[C@@H]2[C@@H]3CC[C@@H](C3)[C@@H]2C1=O. The Balaban J connectivity index is 1.48. The number of Topliss-reactive ketones (excluding diaryl/α,β-unsaturated/α-hetero) is 1. The van der Waals surface area contributed by atoms with E-state index in [4.69, 9.17) is 4.74 Å². The summed E-state index contributed by atoms with van der Waals surface area (Å²) in [4.78, 5) is 52.2. The summed E-state index contributed by atoms with van der Waals surface area (Å²) in [6.45, 7) is 3.17. The summed E-state index contributed by atoms with van der Waals surface area (Å²) >= 11 is 0. The molecule has 2 saturated carbocycles. The minimum absolute atomic E-state index is 0.229. The van der Waals surface area contributed by atoms with Crippen molar-refractivity contribution in [2.45, 2.75) is 39.2 Å². The van der Waals surface area contributed by atoms with Gasteiger partial charge < -0.3 is 4.74 Å². The van der Waals surface area contributed by atoms with Crippen LogP contribution >= 0.6 is 0 Å². The molecule has 0 N–H and O–H groups in total. The average molecular weight is 383 g/mol. The standard InChI is InChI=1S/C22H25NO5/c1-12(2)19(22(27)28-11-16(24)13-6-4-3-5-7-13)23-20(25)17-14-8-9-15(10-14)18(17)21(23)26/h3-7,12,14-15,17-19H,8-11H2,1-2H3/t14-,15+,17-,18+,19-/m1/s1. The molecule has 2 amide bonds. The first-order chi connectivity index (χ1) is 13.4. The van der Waals surface area contributed by atoms with Crippen LogP contribution in [-0.2, 0) is 19.1 Å². The zero-order chi connectivity index (χ0) is 20.0. The van der Waals surface area contributed by atoms with Gasteiger partial charge >= 0.3 is 5.97 Å². The van der Waals surface area contributed by atoms with Crippen LogP contribution in [-0.4, -0.2) is 41.1 Å². The van der Waals surface area contributed by atoms with E-state index in [-0.39, 0.29) is 47.2 Å². The number of carbonyl (C=O) groups excluding carboxylic acids is 4.